The van der Waals surface area contributed by atoms with Crippen molar-refractivity contribution in [2.45, 2.75) is 6.18 Å². The number of pyridine rings is 1. The summed E-state index contributed by atoms with van der Waals surface area (Å²) < 4.78 is 48.5. The van der Waals surface area contributed by atoms with Crippen molar-refractivity contribution in [3.8, 4) is 5.75 Å². The molecule has 1 heterocycles. The van der Waals surface area contributed by atoms with Crippen LogP contribution in [0.2, 0.25) is 0 Å². The first-order valence-corrected chi connectivity index (χ1v) is 8.24. The molecule has 0 spiro atoms. The van der Waals surface area contributed by atoms with E-state index in [0.29, 0.717) is 16.0 Å². The Kier molecular flexibility index (Phi) is 5.89. The van der Waals surface area contributed by atoms with Gasteiger partial charge in [-0.1, -0.05) is 0 Å². The fourth-order valence-corrected chi connectivity index (χ4v) is 2.75. The van der Waals surface area contributed by atoms with Crippen molar-refractivity contribution in [2.75, 3.05) is 27.0 Å². The molecule has 0 fully saturated rings. The molecular formula is C16H15F3N2O3S. The third-order valence-corrected chi connectivity index (χ3v) is 4.07. The topological polar surface area (TPSA) is 60.8 Å². The van der Waals surface area contributed by atoms with Gasteiger partial charge in [0.2, 0.25) is 0 Å². The summed E-state index contributed by atoms with van der Waals surface area (Å²) in [6.07, 6.45) is -2.81. The summed E-state index contributed by atoms with van der Waals surface area (Å²) in [6.45, 7) is -0.186. The number of benzene rings is 1. The van der Waals surface area contributed by atoms with Gasteiger partial charge in [0.25, 0.3) is 0 Å². The van der Waals surface area contributed by atoms with Crippen LogP contribution in [0.4, 0.5) is 13.2 Å². The predicted molar refractivity (Wildman–Crippen MR) is 90.2 cm³/mol. The van der Waals surface area contributed by atoms with Gasteiger partial charge in [-0.15, -0.1) is 11.8 Å². The Hall–Kier alpha value is -2.29. The van der Waals surface area contributed by atoms with Crippen LogP contribution in [0.5, 0.6) is 5.75 Å². The number of hydrogen-bond donors (Lipinski definition) is 0. The van der Waals surface area contributed by atoms with Gasteiger partial charge in [-0.05, 0) is 30.5 Å². The number of carbonyl (C=O) groups excluding carboxylic acids is 1. The Bertz CT molecular complexity index is 822. The first-order valence-electron chi connectivity index (χ1n) is 7.02. The van der Waals surface area contributed by atoms with Crippen molar-refractivity contribution in [3.05, 3.63) is 35.5 Å². The van der Waals surface area contributed by atoms with Crippen molar-refractivity contribution >= 4 is 33.7 Å². The van der Waals surface area contributed by atoms with Gasteiger partial charge in [-0.2, -0.15) is 13.2 Å². The van der Waals surface area contributed by atoms with Crippen molar-refractivity contribution in [1.82, 2.24) is 4.98 Å². The summed E-state index contributed by atoms with van der Waals surface area (Å²) in [7, 11) is 2.61. The zero-order valence-electron chi connectivity index (χ0n) is 13.7. The normalized spacial score (nSPS) is 12.3. The zero-order chi connectivity index (χ0) is 18.6. The molecule has 0 atom stereocenters. The highest BCUT2D eigenvalue weighted by atomic mass is 32.2. The van der Waals surface area contributed by atoms with E-state index in [-0.39, 0.29) is 17.8 Å². The van der Waals surface area contributed by atoms with Crippen LogP contribution < -0.4 is 4.74 Å². The Morgan fingerprint density at radius 3 is 2.52 bits per heavy atom. The lowest BCUT2D eigenvalue weighted by Crippen LogP contribution is -2.10. The number of alkyl halides is 3. The molecular weight excluding hydrogens is 357 g/mol. The highest BCUT2D eigenvalue weighted by Gasteiger charge is 2.33. The van der Waals surface area contributed by atoms with Gasteiger partial charge in [0.15, 0.2) is 0 Å². The first kappa shape index (κ1) is 19.0. The number of nitrogens with zero attached hydrogens (tertiary/aromatic N) is 2. The van der Waals surface area contributed by atoms with E-state index in [1.54, 1.807) is 12.3 Å². The summed E-state index contributed by atoms with van der Waals surface area (Å²) in [4.78, 5) is 19.2. The lowest BCUT2D eigenvalue weighted by atomic mass is 10.1. The minimum atomic E-state index is -4.56. The molecule has 9 heteroatoms. The van der Waals surface area contributed by atoms with Crippen molar-refractivity contribution in [2.24, 2.45) is 4.99 Å². The number of thioether (sulfide) groups is 1. The lowest BCUT2D eigenvalue weighted by molar-refractivity contribution is -0.141. The van der Waals surface area contributed by atoms with E-state index in [2.05, 4.69) is 14.7 Å². The van der Waals surface area contributed by atoms with E-state index < -0.39 is 17.8 Å². The second-order valence-corrected chi connectivity index (χ2v) is 5.60. The number of methoxy groups -OCH3 is 2. The molecule has 0 amide bonds. The van der Waals surface area contributed by atoms with Crippen LogP contribution >= 0.6 is 11.8 Å². The molecule has 0 saturated carbocycles. The number of carbonyl (C=O) groups is 1. The summed E-state index contributed by atoms with van der Waals surface area (Å²) in [6, 6.07) is 5.42. The van der Waals surface area contributed by atoms with E-state index in [0.717, 1.165) is 6.07 Å². The molecule has 1 aromatic heterocycles. The number of rotatable bonds is 4. The van der Waals surface area contributed by atoms with Crippen LogP contribution in [0.15, 0.2) is 29.3 Å². The Labute approximate surface area is 146 Å². The Balaban J connectivity index is 2.63. The average Bonchev–Trinajstić information content (AvgIpc) is 2.60. The van der Waals surface area contributed by atoms with Gasteiger partial charge in [-0.25, -0.2) is 4.98 Å². The SMILES string of the molecule is COC(=O)CN=C(SC)c1ccc(OC)c2nc(C(F)(F)F)ccc12. The van der Waals surface area contributed by atoms with Gasteiger partial charge < -0.3 is 9.47 Å². The first-order chi connectivity index (χ1) is 11.8. The summed E-state index contributed by atoms with van der Waals surface area (Å²) >= 11 is 1.26. The van der Waals surface area contributed by atoms with Crippen LogP contribution in [0.25, 0.3) is 10.9 Å². The van der Waals surface area contributed by atoms with Crippen molar-refractivity contribution < 1.29 is 27.4 Å². The van der Waals surface area contributed by atoms with Crippen molar-refractivity contribution in [3.63, 3.8) is 0 Å². The number of fused-ring (bicyclic) bond motifs is 1. The summed E-state index contributed by atoms with van der Waals surface area (Å²) in [5.41, 5.74) is -0.365. The van der Waals surface area contributed by atoms with Crippen LogP contribution in [-0.2, 0) is 15.7 Å². The predicted octanol–water partition coefficient (Wildman–Crippen LogP) is 3.54. The van der Waals surface area contributed by atoms with E-state index in [1.807, 2.05) is 0 Å². The van der Waals surface area contributed by atoms with Crippen LogP contribution in [-0.4, -0.2) is 43.0 Å². The number of halogens is 3. The monoisotopic (exact) mass is 372 g/mol. The third-order valence-electron chi connectivity index (χ3n) is 3.33. The molecule has 0 N–H and O–H groups in total. The van der Waals surface area contributed by atoms with Crippen LogP contribution in [0, 0.1) is 0 Å². The largest absolute Gasteiger partial charge is 0.494 e. The number of aliphatic imine (C=N–C) groups is 1. The van der Waals surface area contributed by atoms with Gasteiger partial charge in [0.1, 0.15) is 23.5 Å². The average molecular weight is 372 g/mol. The maximum atomic E-state index is 12.9. The molecule has 0 aliphatic rings. The summed E-state index contributed by atoms with van der Waals surface area (Å²) in [5.74, 6) is -0.292. The van der Waals surface area contributed by atoms with Crippen LogP contribution in [0.3, 0.4) is 0 Å². The molecule has 0 radical (unpaired) electrons. The zero-order valence-corrected chi connectivity index (χ0v) is 14.5. The maximum Gasteiger partial charge on any atom is 0.433 e. The van der Waals surface area contributed by atoms with Gasteiger partial charge in [0.05, 0.1) is 19.3 Å². The van der Waals surface area contributed by atoms with Gasteiger partial charge in [0, 0.05) is 10.9 Å². The highest BCUT2D eigenvalue weighted by molar-refractivity contribution is 8.13. The molecule has 0 saturated heterocycles. The van der Waals surface area contributed by atoms with Crippen LogP contribution in [0.1, 0.15) is 11.3 Å². The maximum absolute atomic E-state index is 12.9. The summed E-state index contributed by atoms with van der Waals surface area (Å²) in [5, 5.41) is 0.935. The fraction of sp³-hybridized carbons (Fsp3) is 0.312. The highest BCUT2D eigenvalue weighted by Crippen LogP contribution is 2.34. The Morgan fingerprint density at radius 1 is 1.24 bits per heavy atom. The second kappa shape index (κ2) is 7.73. The van der Waals surface area contributed by atoms with E-state index in [1.165, 1.54) is 38.1 Å². The number of ether oxygens (including phenoxy) is 2. The standard InChI is InChI=1S/C16H15F3N2O3S/c1-23-11-6-4-10(15(25-3)20-8-13(22)24-2)9-5-7-12(16(17,18)19)21-14(9)11/h4-7H,8H2,1-3H3. The number of esters is 1. The molecule has 1 aromatic carbocycles. The second-order valence-electron chi connectivity index (χ2n) is 4.81. The molecule has 25 heavy (non-hydrogen) atoms. The van der Waals surface area contributed by atoms with Gasteiger partial charge >= 0.3 is 12.1 Å². The molecule has 2 rings (SSSR count). The molecule has 2 aromatic rings. The molecule has 0 aliphatic heterocycles. The quantitative estimate of drug-likeness (QED) is 0.467. The fourth-order valence-electron chi connectivity index (χ4n) is 2.16. The van der Waals surface area contributed by atoms with E-state index in [4.69, 9.17) is 4.74 Å². The van der Waals surface area contributed by atoms with Crippen molar-refractivity contribution in [1.29, 1.82) is 0 Å². The minimum Gasteiger partial charge on any atom is -0.494 e. The Morgan fingerprint density at radius 2 is 1.96 bits per heavy atom. The molecule has 0 bridgehead atoms. The number of aromatic nitrogens is 1. The molecule has 134 valence electrons. The minimum absolute atomic E-state index is 0.0784. The molecule has 5 nitrogen and oxygen atoms in total. The smallest absolute Gasteiger partial charge is 0.433 e. The van der Waals surface area contributed by atoms with Gasteiger partial charge in [-0.3, -0.25) is 9.79 Å². The molecule has 0 unspecified atom stereocenters. The number of hydrogen-bond acceptors (Lipinski definition) is 6. The third kappa shape index (κ3) is 4.22. The molecule has 0 aliphatic carbocycles. The van der Waals surface area contributed by atoms with E-state index in [9.17, 15) is 18.0 Å². The lowest BCUT2D eigenvalue weighted by Gasteiger charge is -2.13. The van der Waals surface area contributed by atoms with E-state index >= 15 is 0 Å².